The first kappa shape index (κ1) is 21.9. The molecule has 0 N–H and O–H groups in total. The number of halogens is 1. The van der Waals surface area contributed by atoms with Gasteiger partial charge in [0.15, 0.2) is 0 Å². The summed E-state index contributed by atoms with van der Waals surface area (Å²) in [5, 5.41) is 11.2. The summed E-state index contributed by atoms with van der Waals surface area (Å²) in [4.78, 5) is 52.3. The van der Waals surface area contributed by atoms with Gasteiger partial charge in [0.1, 0.15) is 11.1 Å². The van der Waals surface area contributed by atoms with E-state index in [0.29, 0.717) is 18.7 Å². The molecule has 2 fully saturated rings. The molecule has 0 spiro atoms. The van der Waals surface area contributed by atoms with Crippen LogP contribution in [0.3, 0.4) is 0 Å². The van der Waals surface area contributed by atoms with Crippen LogP contribution >= 0.6 is 11.6 Å². The minimum absolute atomic E-state index is 0.0116. The molecular weight excluding hydrogens is 438 g/mol. The van der Waals surface area contributed by atoms with Crippen molar-refractivity contribution in [3.05, 3.63) is 69.2 Å². The van der Waals surface area contributed by atoms with Crippen LogP contribution in [0.2, 0.25) is 5.02 Å². The van der Waals surface area contributed by atoms with Crippen LogP contribution in [0, 0.1) is 10.1 Å². The molecule has 2 aromatic rings. The standard InChI is InChI=1S/C22H20ClN3O6/c23-17-9-8-14(11-18(17)26(30)31)21(28)24(13-16-7-4-10-32-16)19-12-20(27)25(22(19)29)15-5-2-1-3-6-15/h1-3,5-6,8-9,11,16,19H,4,7,10,12-13H2. The van der Waals surface area contributed by atoms with Crippen molar-refractivity contribution in [3.63, 3.8) is 0 Å². The molecule has 2 unspecified atom stereocenters. The highest BCUT2D eigenvalue weighted by Gasteiger charge is 2.45. The number of nitro groups is 1. The summed E-state index contributed by atoms with van der Waals surface area (Å²) >= 11 is 5.88. The second kappa shape index (κ2) is 9.05. The molecule has 0 saturated carbocycles. The zero-order chi connectivity index (χ0) is 22.8. The van der Waals surface area contributed by atoms with E-state index in [4.69, 9.17) is 16.3 Å². The van der Waals surface area contributed by atoms with E-state index < -0.39 is 34.4 Å². The topological polar surface area (TPSA) is 110 Å². The van der Waals surface area contributed by atoms with Crippen molar-refractivity contribution in [2.24, 2.45) is 0 Å². The van der Waals surface area contributed by atoms with Gasteiger partial charge in [0.25, 0.3) is 17.5 Å². The number of imide groups is 1. The number of nitrogens with zero attached hydrogens (tertiary/aromatic N) is 3. The highest BCUT2D eigenvalue weighted by molar-refractivity contribution is 6.32. The molecule has 0 aromatic heterocycles. The van der Waals surface area contributed by atoms with Crippen molar-refractivity contribution in [2.75, 3.05) is 18.1 Å². The first-order valence-corrected chi connectivity index (χ1v) is 10.5. The number of amides is 3. The van der Waals surface area contributed by atoms with Crippen LogP contribution in [0.4, 0.5) is 11.4 Å². The van der Waals surface area contributed by atoms with Crippen LogP contribution in [0.25, 0.3) is 0 Å². The number of rotatable bonds is 6. The van der Waals surface area contributed by atoms with Gasteiger partial charge in [-0.25, -0.2) is 4.90 Å². The summed E-state index contributed by atoms with van der Waals surface area (Å²) in [6.07, 6.45) is 1.08. The molecule has 0 bridgehead atoms. The second-order valence-corrected chi connectivity index (χ2v) is 8.05. The molecule has 0 radical (unpaired) electrons. The highest BCUT2D eigenvalue weighted by atomic mass is 35.5. The number of carbonyl (C=O) groups excluding carboxylic acids is 3. The number of nitro benzene ring substituents is 1. The SMILES string of the molecule is O=C1CC(N(CC2CCCO2)C(=O)c2ccc(Cl)c([N+](=O)[O-])c2)C(=O)N1c1ccccc1. The first-order valence-electron chi connectivity index (χ1n) is 10.1. The van der Waals surface area contributed by atoms with Crippen molar-refractivity contribution >= 4 is 40.7 Å². The Morgan fingerprint density at radius 2 is 1.97 bits per heavy atom. The molecule has 4 rings (SSSR count). The first-order chi connectivity index (χ1) is 15.4. The van der Waals surface area contributed by atoms with Gasteiger partial charge in [-0.15, -0.1) is 0 Å². The summed E-state index contributed by atoms with van der Waals surface area (Å²) in [7, 11) is 0. The number of hydrogen-bond donors (Lipinski definition) is 0. The molecule has 32 heavy (non-hydrogen) atoms. The predicted molar refractivity (Wildman–Crippen MR) is 115 cm³/mol. The molecule has 2 aliphatic rings. The number of hydrogen-bond acceptors (Lipinski definition) is 6. The third-order valence-electron chi connectivity index (χ3n) is 5.59. The molecule has 9 nitrogen and oxygen atoms in total. The fraction of sp³-hybridized carbons (Fsp3) is 0.318. The van der Waals surface area contributed by atoms with Crippen LogP contribution in [-0.4, -0.2) is 52.8 Å². The Hall–Kier alpha value is -3.30. The maximum Gasteiger partial charge on any atom is 0.288 e. The van der Waals surface area contributed by atoms with Crippen LogP contribution in [0.1, 0.15) is 29.6 Å². The number of carbonyl (C=O) groups is 3. The van der Waals surface area contributed by atoms with E-state index in [1.165, 1.54) is 17.0 Å². The molecule has 2 atom stereocenters. The van der Waals surface area contributed by atoms with Crippen molar-refractivity contribution < 1.29 is 24.0 Å². The lowest BCUT2D eigenvalue weighted by Gasteiger charge is -2.30. The van der Waals surface area contributed by atoms with Gasteiger partial charge in [-0.2, -0.15) is 0 Å². The molecule has 166 valence electrons. The largest absolute Gasteiger partial charge is 0.376 e. The quantitative estimate of drug-likeness (QED) is 0.374. The maximum atomic E-state index is 13.4. The molecule has 3 amide bonds. The minimum Gasteiger partial charge on any atom is -0.376 e. The summed E-state index contributed by atoms with van der Waals surface area (Å²) in [5.41, 5.74) is 0.0310. The Balaban J connectivity index is 1.67. The van der Waals surface area contributed by atoms with Crippen molar-refractivity contribution in [2.45, 2.75) is 31.4 Å². The molecule has 2 saturated heterocycles. The Morgan fingerprint density at radius 1 is 1.22 bits per heavy atom. The molecule has 10 heteroatoms. The molecular formula is C22H20ClN3O6. The lowest BCUT2D eigenvalue weighted by Crippen LogP contribution is -2.48. The molecule has 2 aromatic carbocycles. The van der Waals surface area contributed by atoms with E-state index in [1.807, 2.05) is 0 Å². The number of para-hydroxylation sites is 1. The van der Waals surface area contributed by atoms with E-state index in [-0.39, 0.29) is 29.7 Å². The minimum atomic E-state index is -1.03. The van der Waals surface area contributed by atoms with Gasteiger partial charge in [-0.3, -0.25) is 24.5 Å². The van der Waals surface area contributed by atoms with Gasteiger partial charge < -0.3 is 9.64 Å². The highest BCUT2D eigenvalue weighted by Crippen LogP contribution is 2.30. The van der Waals surface area contributed by atoms with E-state index in [2.05, 4.69) is 0 Å². The number of anilines is 1. The van der Waals surface area contributed by atoms with Gasteiger partial charge in [-0.05, 0) is 37.1 Å². The Labute approximate surface area is 188 Å². The lowest BCUT2D eigenvalue weighted by atomic mass is 10.1. The third-order valence-corrected chi connectivity index (χ3v) is 5.91. The summed E-state index contributed by atoms with van der Waals surface area (Å²) in [5.74, 6) is -1.53. The summed E-state index contributed by atoms with van der Waals surface area (Å²) < 4.78 is 5.65. The Morgan fingerprint density at radius 3 is 2.62 bits per heavy atom. The average Bonchev–Trinajstić information content (AvgIpc) is 3.39. The van der Waals surface area contributed by atoms with Crippen molar-refractivity contribution in [3.8, 4) is 0 Å². The fourth-order valence-electron chi connectivity index (χ4n) is 4.02. The van der Waals surface area contributed by atoms with Crippen molar-refractivity contribution in [1.29, 1.82) is 0 Å². The van der Waals surface area contributed by atoms with Gasteiger partial charge >= 0.3 is 0 Å². The molecule has 2 aliphatic heterocycles. The zero-order valence-corrected chi connectivity index (χ0v) is 17.7. The van der Waals surface area contributed by atoms with E-state index >= 15 is 0 Å². The number of benzene rings is 2. The van der Waals surface area contributed by atoms with Crippen LogP contribution in [0.5, 0.6) is 0 Å². The summed E-state index contributed by atoms with van der Waals surface area (Å²) in [6, 6.07) is 11.2. The predicted octanol–water partition coefficient (Wildman–Crippen LogP) is 3.20. The lowest BCUT2D eigenvalue weighted by molar-refractivity contribution is -0.384. The number of ether oxygens (including phenoxy) is 1. The summed E-state index contributed by atoms with van der Waals surface area (Å²) in [6.45, 7) is 0.647. The smallest absolute Gasteiger partial charge is 0.288 e. The monoisotopic (exact) mass is 457 g/mol. The normalized spacial score (nSPS) is 20.6. The maximum absolute atomic E-state index is 13.4. The van der Waals surface area contributed by atoms with Gasteiger partial charge in [-0.1, -0.05) is 29.8 Å². The van der Waals surface area contributed by atoms with Crippen LogP contribution in [-0.2, 0) is 14.3 Å². The fourth-order valence-corrected chi connectivity index (χ4v) is 4.21. The van der Waals surface area contributed by atoms with Gasteiger partial charge in [0, 0.05) is 24.8 Å². The van der Waals surface area contributed by atoms with Crippen LogP contribution < -0.4 is 4.90 Å². The van der Waals surface area contributed by atoms with E-state index in [0.717, 1.165) is 17.4 Å². The van der Waals surface area contributed by atoms with Gasteiger partial charge in [0.05, 0.1) is 23.1 Å². The van der Waals surface area contributed by atoms with E-state index in [9.17, 15) is 24.5 Å². The van der Waals surface area contributed by atoms with Crippen molar-refractivity contribution in [1.82, 2.24) is 4.90 Å². The van der Waals surface area contributed by atoms with E-state index in [1.54, 1.807) is 30.3 Å². The van der Waals surface area contributed by atoms with Gasteiger partial charge in [0.2, 0.25) is 5.91 Å². The Bertz CT molecular complexity index is 1070. The zero-order valence-electron chi connectivity index (χ0n) is 17.0. The molecule has 2 heterocycles. The average molecular weight is 458 g/mol. The Kier molecular flexibility index (Phi) is 6.20. The molecule has 0 aliphatic carbocycles. The van der Waals surface area contributed by atoms with Crippen LogP contribution in [0.15, 0.2) is 48.5 Å². The third kappa shape index (κ3) is 4.21. The second-order valence-electron chi connectivity index (χ2n) is 7.64.